The number of nitrogens with zero attached hydrogens (tertiary/aromatic N) is 1. The molecule has 0 bridgehead atoms. The topological polar surface area (TPSA) is 55.6 Å². The van der Waals surface area contributed by atoms with Gasteiger partial charge in [-0.2, -0.15) is 0 Å². The minimum Gasteiger partial charge on any atom is -0.490 e. The Balaban J connectivity index is 2.22. The van der Waals surface area contributed by atoms with Gasteiger partial charge >= 0.3 is 0 Å². The quantitative estimate of drug-likeness (QED) is 0.929. The lowest BCUT2D eigenvalue weighted by Gasteiger charge is -2.20. The van der Waals surface area contributed by atoms with Crippen molar-refractivity contribution in [2.75, 3.05) is 19.6 Å². The van der Waals surface area contributed by atoms with Crippen molar-refractivity contribution < 1.29 is 9.53 Å². The van der Waals surface area contributed by atoms with E-state index in [1.807, 2.05) is 18.7 Å². The number of amides is 1. The third-order valence-corrected chi connectivity index (χ3v) is 3.68. The van der Waals surface area contributed by atoms with Crippen molar-refractivity contribution in [3.63, 3.8) is 0 Å². The minimum atomic E-state index is -0.0286. The fraction of sp³-hybridized carbons (Fsp3) is 0.533. The average molecular weight is 297 g/mol. The molecule has 1 aliphatic rings. The molecule has 1 aromatic carbocycles. The molecule has 0 radical (unpaired) electrons. The van der Waals surface area contributed by atoms with Crippen molar-refractivity contribution >= 4 is 17.5 Å². The highest BCUT2D eigenvalue weighted by Crippen LogP contribution is 2.27. The van der Waals surface area contributed by atoms with E-state index in [0.29, 0.717) is 35.3 Å². The zero-order valence-corrected chi connectivity index (χ0v) is 12.7. The van der Waals surface area contributed by atoms with Crippen molar-refractivity contribution in [1.82, 2.24) is 4.90 Å². The van der Waals surface area contributed by atoms with Crippen LogP contribution in [-0.4, -0.2) is 36.5 Å². The number of likely N-dealkylation sites (tertiary alicyclic amines) is 1. The molecule has 110 valence electrons. The predicted molar refractivity (Wildman–Crippen MR) is 80.3 cm³/mol. The Kier molecular flexibility index (Phi) is 4.89. The summed E-state index contributed by atoms with van der Waals surface area (Å²) in [6.07, 6.45) is 0.974. The molecule has 1 aromatic rings. The first-order chi connectivity index (χ1) is 9.51. The highest BCUT2D eigenvalue weighted by molar-refractivity contribution is 6.31. The molecule has 5 heteroatoms. The fourth-order valence-electron chi connectivity index (χ4n) is 2.41. The van der Waals surface area contributed by atoms with E-state index in [1.54, 1.807) is 18.2 Å². The van der Waals surface area contributed by atoms with E-state index in [0.717, 1.165) is 13.0 Å². The van der Waals surface area contributed by atoms with Gasteiger partial charge in [0, 0.05) is 18.1 Å². The van der Waals surface area contributed by atoms with E-state index in [-0.39, 0.29) is 12.0 Å². The zero-order chi connectivity index (χ0) is 14.7. The highest BCUT2D eigenvalue weighted by atomic mass is 35.5. The van der Waals surface area contributed by atoms with Crippen molar-refractivity contribution in [1.29, 1.82) is 0 Å². The lowest BCUT2D eigenvalue weighted by molar-refractivity contribution is 0.0781. The molecular weight excluding hydrogens is 276 g/mol. The molecule has 1 aliphatic heterocycles. The van der Waals surface area contributed by atoms with E-state index >= 15 is 0 Å². The van der Waals surface area contributed by atoms with Crippen LogP contribution in [0.3, 0.4) is 0 Å². The minimum absolute atomic E-state index is 0.0121. The summed E-state index contributed by atoms with van der Waals surface area (Å²) in [5.41, 5.74) is 6.20. The molecule has 1 saturated heterocycles. The molecule has 0 saturated carbocycles. The molecule has 1 fully saturated rings. The maximum Gasteiger partial charge on any atom is 0.257 e. The van der Waals surface area contributed by atoms with Crippen LogP contribution in [0, 0.1) is 5.92 Å². The number of benzene rings is 1. The van der Waals surface area contributed by atoms with Crippen molar-refractivity contribution in [3.8, 4) is 5.75 Å². The van der Waals surface area contributed by atoms with Crippen LogP contribution in [0.5, 0.6) is 5.75 Å². The summed E-state index contributed by atoms with van der Waals surface area (Å²) in [6.45, 7) is 5.94. The normalized spacial score (nSPS) is 18.6. The molecule has 0 aliphatic carbocycles. The van der Waals surface area contributed by atoms with Gasteiger partial charge in [0.15, 0.2) is 0 Å². The van der Waals surface area contributed by atoms with Gasteiger partial charge < -0.3 is 15.4 Å². The first-order valence-electron chi connectivity index (χ1n) is 6.96. The summed E-state index contributed by atoms with van der Waals surface area (Å²) in [4.78, 5) is 14.4. The van der Waals surface area contributed by atoms with Gasteiger partial charge in [-0.15, -0.1) is 0 Å². The van der Waals surface area contributed by atoms with Gasteiger partial charge in [0.05, 0.1) is 11.7 Å². The smallest absolute Gasteiger partial charge is 0.257 e. The maximum atomic E-state index is 12.6. The van der Waals surface area contributed by atoms with Crippen LogP contribution >= 0.6 is 11.6 Å². The van der Waals surface area contributed by atoms with Gasteiger partial charge in [-0.25, -0.2) is 0 Å². The summed E-state index contributed by atoms with van der Waals surface area (Å²) >= 11 is 6.01. The molecule has 2 N–H and O–H groups in total. The van der Waals surface area contributed by atoms with Crippen LogP contribution in [0.25, 0.3) is 0 Å². The number of nitrogens with two attached hydrogens (primary N) is 1. The Bertz CT molecular complexity index is 491. The molecular formula is C15H21ClN2O2. The number of rotatable bonds is 4. The average Bonchev–Trinajstić information content (AvgIpc) is 2.88. The highest BCUT2D eigenvalue weighted by Gasteiger charge is 2.28. The fourth-order valence-corrected chi connectivity index (χ4v) is 2.58. The zero-order valence-electron chi connectivity index (χ0n) is 11.9. The lowest BCUT2D eigenvalue weighted by Crippen LogP contribution is -2.30. The molecule has 1 amide bonds. The van der Waals surface area contributed by atoms with Gasteiger partial charge in [0.1, 0.15) is 5.75 Å². The predicted octanol–water partition coefficient (Wildman–Crippen LogP) is 2.55. The number of hydrogen-bond donors (Lipinski definition) is 1. The standard InChI is InChI=1S/C15H21ClN2O2/c1-10(2)20-14-4-3-12(16)7-13(14)15(19)18-6-5-11(8-17)9-18/h3-4,7,10-11H,5-6,8-9,17H2,1-2H3/t11-/m0/s1. The third-order valence-electron chi connectivity index (χ3n) is 3.44. The van der Waals surface area contributed by atoms with Gasteiger partial charge in [0.2, 0.25) is 0 Å². The largest absolute Gasteiger partial charge is 0.490 e. The van der Waals surface area contributed by atoms with Crippen LogP contribution in [-0.2, 0) is 0 Å². The number of halogens is 1. The molecule has 2 rings (SSSR count). The number of ether oxygens (including phenoxy) is 1. The Morgan fingerprint density at radius 1 is 1.55 bits per heavy atom. The molecule has 0 spiro atoms. The summed E-state index contributed by atoms with van der Waals surface area (Å²) in [5, 5.41) is 0.541. The first kappa shape index (κ1) is 15.1. The van der Waals surface area contributed by atoms with E-state index in [1.165, 1.54) is 0 Å². The van der Waals surface area contributed by atoms with Gasteiger partial charge in [-0.3, -0.25) is 4.79 Å². The number of hydrogen-bond acceptors (Lipinski definition) is 3. The van der Waals surface area contributed by atoms with Crippen LogP contribution in [0.4, 0.5) is 0 Å². The summed E-state index contributed by atoms with van der Waals surface area (Å²) < 4.78 is 5.70. The Labute approximate surface area is 124 Å². The molecule has 1 atom stereocenters. The SMILES string of the molecule is CC(C)Oc1ccc(Cl)cc1C(=O)N1CC[C@@H](CN)C1. The summed E-state index contributed by atoms with van der Waals surface area (Å²) in [6, 6.07) is 5.17. The number of carbonyl (C=O) groups excluding carboxylic acids is 1. The molecule has 4 nitrogen and oxygen atoms in total. The van der Waals surface area contributed by atoms with E-state index in [4.69, 9.17) is 22.1 Å². The molecule has 0 aromatic heterocycles. The summed E-state index contributed by atoms with van der Waals surface area (Å²) in [7, 11) is 0. The van der Waals surface area contributed by atoms with Crippen LogP contribution in [0.15, 0.2) is 18.2 Å². The van der Waals surface area contributed by atoms with Crippen molar-refractivity contribution in [2.45, 2.75) is 26.4 Å². The van der Waals surface area contributed by atoms with Crippen LogP contribution < -0.4 is 10.5 Å². The van der Waals surface area contributed by atoms with Crippen molar-refractivity contribution in [3.05, 3.63) is 28.8 Å². The van der Waals surface area contributed by atoms with Gasteiger partial charge in [-0.1, -0.05) is 11.6 Å². The van der Waals surface area contributed by atoms with Crippen LogP contribution in [0.2, 0.25) is 5.02 Å². The Hall–Kier alpha value is -1.26. The second kappa shape index (κ2) is 6.46. The molecule has 0 unspecified atom stereocenters. The molecule has 1 heterocycles. The van der Waals surface area contributed by atoms with Gasteiger partial charge in [-0.05, 0) is 50.9 Å². The number of carbonyl (C=O) groups is 1. The molecule has 20 heavy (non-hydrogen) atoms. The van der Waals surface area contributed by atoms with Crippen LogP contribution in [0.1, 0.15) is 30.6 Å². The Morgan fingerprint density at radius 3 is 2.90 bits per heavy atom. The second-order valence-electron chi connectivity index (χ2n) is 5.45. The van der Waals surface area contributed by atoms with E-state index in [2.05, 4.69) is 0 Å². The lowest BCUT2D eigenvalue weighted by atomic mass is 10.1. The second-order valence-corrected chi connectivity index (χ2v) is 5.89. The van der Waals surface area contributed by atoms with E-state index in [9.17, 15) is 4.79 Å². The van der Waals surface area contributed by atoms with Gasteiger partial charge in [0.25, 0.3) is 5.91 Å². The van der Waals surface area contributed by atoms with Crippen molar-refractivity contribution in [2.24, 2.45) is 11.7 Å². The Morgan fingerprint density at radius 2 is 2.30 bits per heavy atom. The first-order valence-corrected chi connectivity index (χ1v) is 7.34. The maximum absolute atomic E-state index is 12.6. The summed E-state index contributed by atoms with van der Waals surface area (Å²) in [5.74, 6) is 0.956. The monoisotopic (exact) mass is 296 g/mol. The third kappa shape index (κ3) is 3.44. The van der Waals surface area contributed by atoms with E-state index < -0.39 is 0 Å².